The molecular weight excluding hydrogens is 198 g/mol. The third-order valence-electron chi connectivity index (χ3n) is 2.02. The van der Waals surface area contributed by atoms with Crippen LogP contribution in [0.4, 0.5) is 5.69 Å². The fourth-order valence-electron chi connectivity index (χ4n) is 1.36. The molecule has 1 aromatic heterocycles. The van der Waals surface area contributed by atoms with E-state index in [-0.39, 0.29) is 11.6 Å². The molecule has 1 heterocycles. The van der Waals surface area contributed by atoms with Crippen LogP contribution in [-0.4, -0.2) is 15.1 Å². The highest BCUT2D eigenvalue weighted by Gasteiger charge is 2.20. The second kappa shape index (κ2) is 3.49. The van der Waals surface area contributed by atoms with Crippen LogP contribution in [-0.2, 0) is 0 Å². The lowest BCUT2D eigenvalue weighted by Gasteiger charge is -2.01. The summed E-state index contributed by atoms with van der Waals surface area (Å²) in [5.74, 6) is 0.166. The highest BCUT2D eigenvalue weighted by molar-refractivity contribution is 5.70. The highest BCUT2D eigenvalue weighted by atomic mass is 16.6. The molecule has 2 rings (SSSR count). The molecule has 6 nitrogen and oxygen atoms in total. The van der Waals surface area contributed by atoms with Crippen LogP contribution in [0.2, 0.25) is 0 Å². The van der Waals surface area contributed by atoms with E-state index in [1.165, 1.54) is 6.07 Å². The van der Waals surface area contributed by atoms with Crippen LogP contribution in [0.5, 0.6) is 0 Å². The van der Waals surface area contributed by atoms with Crippen LogP contribution >= 0.6 is 0 Å². The number of nitrogens with zero attached hydrogens (tertiary/aromatic N) is 3. The minimum atomic E-state index is -0.466. The molecule has 0 saturated heterocycles. The highest BCUT2D eigenvalue weighted by Crippen LogP contribution is 2.30. The van der Waals surface area contributed by atoms with Gasteiger partial charge in [0.05, 0.1) is 4.92 Å². The molecule has 0 radical (unpaired) electrons. The number of benzene rings is 1. The largest absolute Gasteiger partial charge is 0.423 e. The molecule has 76 valence electrons. The van der Waals surface area contributed by atoms with E-state index in [1.807, 2.05) is 0 Å². The number of hydrogen-bond donors (Lipinski definition) is 0. The molecule has 0 aliphatic heterocycles. The van der Waals surface area contributed by atoms with Crippen LogP contribution in [0.25, 0.3) is 11.5 Å². The van der Waals surface area contributed by atoms with Crippen molar-refractivity contribution in [2.45, 2.75) is 6.92 Å². The average Bonchev–Trinajstić information content (AvgIpc) is 2.70. The molecule has 0 unspecified atom stereocenters. The minimum Gasteiger partial charge on any atom is -0.423 e. The van der Waals surface area contributed by atoms with E-state index < -0.39 is 4.92 Å². The van der Waals surface area contributed by atoms with Gasteiger partial charge in [-0.05, 0) is 12.5 Å². The zero-order valence-electron chi connectivity index (χ0n) is 7.88. The topological polar surface area (TPSA) is 82.1 Å². The smallest absolute Gasteiger partial charge is 0.282 e. The molecule has 0 atom stereocenters. The molecular formula is C9H7N3O3. The summed E-state index contributed by atoms with van der Waals surface area (Å²) in [5, 5.41) is 18.0. The Balaban J connectivity index is 2.68. The summed E-state index contributed by atoms with van der Waals surface area (Å²) in [5.41, 5.74) is 1.08. The molecule has 0 aliphatic carbocycles. The van der Waals surface area contributed by atoms with E-state index in [9.17, 15) is 10.1 Å². The van der Waals surface area contributed by atoms with Gasteiger partial charge in [0.25, 0.3) is 11.6 Å². The molecule has 0 saturated carbocycles. The zero-order valence-corrected chi connectivity index (χ0v) is 7.88. The molecule has 0 spiro atoms. The summed E-state index contributed by atoms with van der Waals surface area (Å²) in [7, 11) is 0. The predicted octanol–water partition coefficient (Wildman–Crippen LogP) is 1.95. The summed E-state index contributed by atoms with van der Waals surface area (Å²) < 4.78 is 4.96. The number of rotatable bonds is 2. The lowest BCUT2D eigenvalue weighted by molar-refractivity contribution is -0.384. The number of aryl methyl sites for hydroxylation is 1. The molecule has 0 aliphatic rings. The molecule has 0 amide bonds. The van der Waals surface area contributed by atoms with Gasteiger partial charge in [0.2, 0.25) is 6.39 Å². The van der Waals surface area contributed by atoms with Crippen LogP contribution in [0.15, 0.2) is 29.0 Å². The normalized spacial score (nSPS) is 10.2. The lowest BCUT2D eigenvalue weighted by atomic mass is 10.1. The van der Waals surface area contributed by atoms with Gasteiger partial charge in [-0.25, -0.2) is 0 Å². The van der Waals surface area contributed by atoms with Gasteiger partial charge in [-0.15, -0.1) is 10.2 Å². The van der Waals surface area contributed by atoms with Gasteiger partial charge in [-0.2, -0.15) is 0 Å². The van der Waals surface area contributed by atoms with Crippen molar-refractivity contribution in [2.24, 2.45) is 0 Å². The van der Waals surface area contributed by atoms with Gasteiger partial charge >= 0.3 is 0 Å². The Morgan fingerprint density at radius 3 is 2.87 bits per heavy atom. The quantitative estimate of drug-likeness (QED) is 0.552. The third-order valence-corrected chi connectivity index (χ3v) is 2.02. The Hall–Kier alpha value is -2.24. The predicted molar refractivity (Wildman–Crippen MR) is 51.1 cm³/mol. The molecule has 0 N–H and O–H groups in total. The monoisotopic (exact) mass is 205 g/mol. The first-order chi connectivity index (χ1) is 7.20. The first-order valence-corrected chi connectivity index (χ1v) is 4.20. The second-order valence-electron chi connectivity index (χ2n) is 2.97. The Labute approximate surface area is 84.7 Å². The second-order valence-corrected chi connectivity index (χ2v) is 2.97. The Kier molecular flexibility index (Phi) is 2.17. The molecule has 6 heteroatoms. The first-order valence-electron chi connectivity index (χ1n) is 4.20. The van der Waals surface area contributed by atoms with E-state index in [1.54, 1.807) is 19.1 Å². The van der Waals surface area contributed by atoms with Gasteiger partial charge in [0, 0.05) is 6.07 Å². The number of nitro benzene ring substituents is 1. The van der Waals surface area contributed by atoms with E-state index in [0.29, 0.717) is 5.56 Å². The van der Waals surface area contributed by atoms with E-state index in [4.69, 9.17) is 4.42 Å². The first kappa shape index (κ1) is 9.32. The van der Waals surface area contributed by atoms with Crippen LogP contribution < -0.4 is 0 Å². The summed E-state index contributed by atoms with van der Waals surface area (Å²) in [6.07, 6.45) is 1.14. The van der Waals surface area contributed by atoms with E-state index in [0.717, 1.165) is 12.0 Å². The fraction of sp³-hybridized carbons (Fsp3) is 0.111. The van der Waals surface area contributed by atoms with Crippen molar-refractivity contribution in [1.29, 1.82) is 0 Å². The zero-order chi connectivity index (χ0) is 10.8. The maximum absolute atomic E-state index is 10.8. The summed E-state index contributed by atoms with van der Waals surface area (Å²) >= 11 is 0. The molecule has 15 heavy (non-hydrogen) atoms. The van der Waals surface area contributed by atoms with Crippen molar-refractivity contribution in [1.82, 2.24) is 10.2 Å². The SMILES string of the molecule is Cc1cccc([N+](=O)[O-])c1-c1nnco1. The van der Waals surface area contributed by atoms with Crippen LogP contribution in [0.3, 0.4) is 0 Å². The number of nitro groups is 1. The third kappa shape index (κ3) is 1.56. The Morgan fingerprint density at radius 1 is 1.47 bits per heavy atom. The van der Waals surface area contributed by atoms with Gasteiger partial charge in [0.15, 0.2) is 0 Å². The Morgan fingerprint density at radius 2 is 2.27 bits per heavy atom. The summed E-state index contributed by atoms with van der Waals surface area (Å²) in [6, 6.07) is 4.78. The fourth-order valence-corrected chi connectivity index (χ4v) is 1.36. The lowest BCUT2D eigenvalue weighted by Crippen LogP contribution is -1.94. The van der Waals surface area contributed by atoms with E-state index >= 15 is 0 Å². The van der Waals surface area contributed by atoms with Gasteiger partial charge in [-0.3, -0.25) is 10.1 Å². The van der Waals surface area contributed by atoms with Gasteiger partial charge in [0.1, 0.15) is 5.56 Å². The van der Waals surface area contributed by atoms with Crippen LogP contribution in [0.1, 0.15) is 5.56 Å². The van der Waals surface area contributed by atoms with E-state index in [2.05, 4.69) is 10.2 Å². The van der Waals surface area contributed by atoms with Crippen molar-refractivity contribution in [3.05, 3.63) is 40.3 Å². The minimum absolute atomic E-state index is 0.0285. The molecule has 0 fully saturated rings. The van der Waals surface area contributed by atoms with Gasteiger partial charge < -0.3 is 4.42 Å². The summed E-state index contributed by atoms with van der Waals surface area (Å²) in [6.45, 7) is 1.76. The maximum atomic E-state index is 10.8. The standard InChI is InChI=1S/C9H7N3O3/c1-6-3-2-4-7(12(13)14)8(6)9-11-10-5-15-9/h2-5H,1H3. The maximum Gasteiger partial charge on any atom is 0.282 e. The van der Waals surface area contributed by atoms with Crippen molar-refractivity contribution < 1.29 is 9.34 Å². The van der Waals surface area contributed by atoms with Crippen LogP contribution in [0, 0.1) is 17.0 Å². The Bertz CT molecular complexity index is 493. The average molecular weight is 205 g/mol. The van der Waals surface area contributed by atoms with Crippen molar-refractivity contribution in [2.75, 3.05) is 0 Å². The molecule has 2 aromatic rings. The molecule has 0 bridgehead atoms. The molecule has 1 aromatic carbocycles. The van der Waals surface area contributed by atoms with Crippen molar-refractivity contribution >= 4 is 5.69 Å². The summed E-state index contributed by atoms with van der Waals surface area (Å²) in [4.78, 5) is 10.3. The number of aromatic nitrogens is 2. The van der Waals surface area contributed by atoms with Crippen molar-refractivity contribution in [3.8, 4) is 11.5 Å². The van der Waals surface area contributed by atoms with Gasteiger partial charge in [-0.1, -0.05) is 12.1 Å². The number of hydrogen-bond acceptors (Lipinski definition) is 5. The van der Waals surface area contributed by atoms with Crippen molar-refractivity contribution in [3.63, 3.8) is 0 Å².